The van der Waals surface area contributed by atoms with E-state index in [2.05, 4.69) is 0 Å². The van der Waals surface area contributed by atoms with Crippen LogP contribution in [0.1, 0.15) is 39.6 Å². The van der Waals surface area contributed by atoms with Crippen molar-refractivity contribution in [1.29, 1.82) is 0 Å². The fraction of sp³-hybridized carbons (Fsp3) is 0.107. The predicted molar refractivity (Wildman–Crippen MR) is 131 cm³/mol. The predicted octanol–water partition coefficient (Wildman–Crippen LogP) is 4.59. The first-order chi connectivity index (χ1) is 16.8. The smallest absolute Gasteiger partial charge is 0.354 e. The minimum absolute atomic E-state index is 0.100. The van der Waals surface area contributed by atoms with Gasteiger partial charge in [0.15, 0.2) is 0 Å². The monoisotopic (exact) mass is 488 g/mol. The topological polar surface area (TPSA) is 101 Å². The summed E-state index contributed by atoms with van der Waals surface area (Å²) in [5, 5.41) is 22.8. The molecule has 0 aliphatic rings. The molecule has 6 nitrogen and oxygen atoms in total. The van der Waals surface area contributed by atoms with Crippen molar-refractivity contribution in [2.75, 3.05) is 0 Å². The van der Waals surface area contributed by atoms with Crippen molar-refractivity contribution in [3.8, 4) is 0 Å². The Hall–Kier alpha value is -3.78. The molecule has 2 N–H and O–H groups in total. The van der Waals surface area contributed by atoms with Gasteiger partial charge < -0.3 is 14.4 Å². The summed E-state index contributed by atoms with van der Waals surface area (Å²) in [7, 11) is -4.43. The fourth-order valence-electron chi connectivity index (χ4n) is 3.88. The average Bonchev–Trinajstić information content (AvgIpc) is 2.90. The third-order valence-electron chi connectivity index (χ3n) is 5.72. The lowest BCUT2D eigenvalue weighted by molar-refractivity contribution is 0.0167. The van der Waals surface area contributed by atoms with Crippen molar-refractivity contribution in [2.24, 2.45) is 0 Å². The second-order valence-electron chi connectivity index (χ2n) is 8.08. The summed E-state index contributed by atoms with van der Waals surface area (Å²) >= 11 is 0. The van der Waals surface area contributed by atoms with E-state index in [1.807, 2.05) is 12.1 Å². The van der Waals surface area contributed by atoms with E-state index in [9.17, 15) is 23.4 Å². The van der Waals surface area contributed by atoms with Gasteiger partial charge in [-0.1, -0.05) is 91.0 Å². The second-order valence-corrected chi connectivity index (χ2v) is 9.62. The first kappa shape index (κ1) is 24.3. The SMILES string of the molecule is O=C(OS(=O)(=O)c1cccc(C(O)CC(O)(c2ccccc2)c2ccccc2)c1)c1ccccc1. The first-order valence-electron chi connectivity index (χ1n) is 10.9. The number of aliphatic hydroxyl groups is 2. The average molecular weight is 489 g/mol. The maximum Gasteiger partial charge on any atom is 0.354 e. The molecule has 4 aromatic carbocycles. The number of carbonyl (C=O) groups excluding carboxylic acids is 1. The Kier molecular flexibility index (Phi) is 7.12. The summed E-state index contributed by atoms with van der Waals surface area (Å²) in [6, 6.07) is 31.2. The van der Waals surface area contributed by atoms with E-state index < -0.39 is 27.8 Å². The number of hydrogen-bond donors (Lipinski definition) is 2. The molecule has 0 saturated heterocycles. The summed E-state index contributed by atoms with van der Waals surface area (Å²) < 4.78 is 30.3. The van der Waals surface area contributed by atoms with Crippen LogP contribution >= 0.6 is 0 Å². The lowest BCUT2D eigenvalue weighted by Crippen LogP contribution is -2.29. The van der Waals surface area contributed by atoms with E-state index in [0.717, 1.165) is 0 Å². The van der Waals surface area contributed by atoms with Gasteiger partial charge in [0, 0.05) is 6.42 Å². The molecule has 0 radical (unpaired) electrons. The Bertz CT molecular complexity index is 1350. The van der Waals surface area contributed by atoms with E-state index in [1.54, 1.807) is 72.8 Å². The third-order valence-corrected chi connectivity index (χ3v) is 6.92. The van der Waals surface area contributed by atoms with E-state index in [-0.39, 0.29) is 22.4 Å². The zero-order valence-electron chi connectivity index (χ0n) is 18.7. The molecule has 1 atom stereocenters. The molecule has 0 fully saturated rings. The van der Waals surface area contributed by atoms with Gasteiger partial charge in [0.05, 0.1) is 11.7 Å². The van der Waals surface area contributed by atoms with Crippen LogP contribution in [0.3, 0.4) is 0 Å². The van der Waals surface area contributed by atoms with Gasteiger partial charge in [-0.15, -0.1) is 0 Å². The van der Waals surface area contributed by atoms with Crippen LogP contribution in [0.4, 0.5) is 0 Å². The highest BCUT2D eigenvalue weighted by Gasteiger charge is 2.34. The lowest BCUT2D eigenvalue weighted by atomic mass is 9.81. The molecular weight excluding hydrogens is 464 g/mol. The number of aliphatic hydroxyl groups excluding tert-OH is 1. The van der Waals surface area contributed by atoms with E-state index in [4.69, 9.17) is 4.18 Å². The van der Waals surface area contributed by atoms with Gasteiger partial charge in [-0.05, 0) is 41.0 Å². The molecule has 0 aromatic heterocycles. The Morgan fingerprint density at radius 1 is 0.771 bits per heavy atom. The molecule has 0 aliphatic heterocycles. The molecule has 4 aromatic rings. The van der Waals surface area contributed by atoms with Crippen LogP contribution in [0.5, 0.6) is 0 Å². The van der Waals surface area contributed by atoms with Crippen LogP contribution in [0, 0.1) is 0 Å². The summed E-state index contributed by atoms with van der Waals surface area (Å²) in [4.78, 5) is 12.0. The largest absolute Gasteiger partial charge is 0.388 e. The maximum absolute atomic E-state index is 12.7. The van der Waals surface area contributed by atoms with E-state index >= 15 is 0 Å². The molecule has 35 heavy (non-hydrogen) atoms. The molecule has 0 heterocycles. The van der Waals surface area contributed by atoms with Gasteiger partial charge >= 0.3 is 16.1 Å². The van der Waals surface area contributed by atoms with Crippen LogP contribution in [0.15, 0.2) is 120 Å². The summed E-state index contributed by atoms with van der Waals surface area (Å²) in [5.74, 6) is -1.00. The molecule has 0 saturated carbocycles. The first-order valence-corrected chi connectivity index (χ1v) is 12.4. The molecule has 1 unspecified atom stereocenters. The Morgan fingerprint density at radius 2 is 1.29 bits per heavy atom. The Labute approximate surface area is 204 Å². The number of rotatable bonds is 8. The van der Waals surface area contributed by atoms with Gasteiger partial charge in [0.2, 0.25) is 0 Å². The minimum Gasteiger partial charge on any atom is -0.388 e. The van der Waals surface area contributed by atoms with Crippen molar-refractivity contribution in [3.05, 3.63) is 138 Å². The standard InChI is InChI=1S/C28H24O6S/c29-26(20-28(31,23-14-6-2-7-15-23)24-16-8-3-9-17-24)22-13-10-18-25(19-22)35(32,33)34-27(30)21-11-4-1-5-12-21/h1-19,26,29,31H,20H2. The zero-order chi connectivity index (χ0) is 24.9. The van der Waals surface area contributed by atoms with Crippen LogP contribution in [0.2, 0.25) is 0 Å². The highest BCUT2D eigenvalue weighted by Crippen LogP contribution is 2.38. The number of hydrogen-bond acceptors (Lipinski definition) is 6. The molecule has 178 valence electrons. The maximum atomic E-state index is 12.7. The summed E-state index contributed by atoms with van der Waals surface area (Å²) in [6.45, 7) is 0. The molecule has 0 spiro atoms. The Balaban J connectivity index is 1.61. The molecule has 0 amide bonds. The van der Waals surface area contributed by atoms with Crippen LogP contribution in [0.25, 0.3) is 0 Å². The molecule has 0 bridgehead atoms. The van der Waals surface area contributed by atoms with E-state index in [1.165, 1.54) is 30.3 Å². The van der Waals surface area contributed by atoms with Gasteiger partial charge in [0.1, 0.15) is 10.5 Å². The van der Waals surface area contributed by atoms with Gasteiger partial charge in [0.25, 0.3) is 0 Å². The highest BCUT2D eigenvalue weighted by molar-refractivity contribution is 7.87. The normalized spacial score (nSPS) is 12.6. The molecule has 0 aliphatic carbocycles. The third kappa shape index (κ3) is 5.49. The number of carbonyl (C=O) groups is 1. The molecular formula is C28H24O6S. The van der Waals surface area contributed by atoms with Crippen molar-refractivity contribution >= 4 is 16.1 Å². The van der Waals surface area contributed by atoms with Crippen molar-refractivity contribution < 1.29 is 27.6 Å². The van der Waals surface area contributed by atoms with Gasteiger partial charge in [-0.3, -0.25) is 0 Å². The lowest BCUT2D eigenvalue weighted by Gasteiger charge is -2.31. The molecule has 4 rings (SSSR count). The van der Waals surface area contributed by atoms with Gasteiger partial charge in [-0.2, -0.15) is 8.42 Å². The van der Waals surface area contributed by atoms with Crippen LogP contribution in [-0.2, 0) is 19.9 Å². The summed E-state index contributed by atoms with van der Waals surface area (Å²) in [5.41, 5.74) is 0.00292. The van der Waals surface area contributed by atoms with Gasteiger partial charge in [-0.25, -0.2) is 4.79 Å². The Morgan fingerprint density at radius 3 is 1.83 bits per heavy atom. The highest BCUT2D eigenvalue weighted by atomic mass is 32.2. The van der Waals surface area contributed by atoms with Crippen molar-refractivity contribution in [1.82, 2.24) is 0 Å². The molecule has 7 heteroatoms. The van der Waals surface area contributed by atoms with Crippen LogP contribution in [-0.4, -0.2) is 24.6 Å². The van der Waals surface area contributed by atoms with Crippen molar-refractivity contribution in [3.63, 3.8) is 0 Å². The van der Waals surface area contributed by atoms with E-state index in [0.29, 0.717) is 11.1 Å². The zero-order valence-corrected chi connectivity index (χ0v) is 19.5. The summed E-state index contributed by atoms with van der Waals surface area (Å²) in [6.07, 6.45) is -1.35. The van der Waals surface area contributed by atoms with Crippen molar-refractivity contribution in [2.45, 2.75) is 23.0 Å². The van der Waals surface area contributed by atoms with Crippen LogP contribution < -0.4 is 0 Å². The quantitative estimate of drug-likeness (QED) is 0.352. The fourth-order valence-corrected chi connectivity index (χ4v) is 4.79. The number of benzene rings is 4. The minimum atomic E-state index is -4.43. The second kappa shape index (κ2) is 10.2.